The van der Waals surface area contributed by atoms with Gasteiger partial charge in [-0.05, 0) is 6.07 Å². The summed E-state index contributed by atoms with van der Waals surface area (Å²) >= 11 is 0. The molecule has 1 atom stereocenters. The van der Waals surface area contributed by atoms with Crippen molar-refractivity contribution < 1.29 is 13.6 Å². The molecule has 0 aliphatic carbocycles. The smallest absolute Gasteiger partial charge is 0.266 e. The van der Waals surface area contributed by atoms with Crippen molar-refractivity contribution in [3.05, 3.63) is 18.0 Å². The van der Waals surface area contributed by atoms with Crippen molar-refractivity contribution in [2.75, 3.05) is 6.67 Å². The van der Waals surface area contributed by atoms with Gasteiger partial charge in [0, 0.05) is 6.20 Å². The van der Waals surface area contributed by atoms with Crippen LogP contribution in [0.15, 0.2) is 12.3 Å². The summed E-state index contributed by atoms with van der Waals surface area (Å²) in [5.41, 5.74) is 5.04. The molecule has 0 radical (unpaired) electrons. The molecular weight excluding hydrogens is 180 g/mol. The van der Waals surface area contributed by atoms with Gasteiger partial charge in [-0.15, -0.1) is 0 Å². The van der Waals surface area contributed by atoms with Crippen molar-refractivity contribution in [3.8, 4) is 0 Å². The van der Waals surface area contributed by atoms with E-state index in [2.05, 4.69) is 5.10 Å². The minimum absolute atomic E-state index is 0.0797. The monoisotopic (exact) mass is 189 g/mol. The fourth-order valence-electron chi connectivity index (χ4n) is 0.924. The Morgan fingerprint density at radius 2 is 2.46 bits per heavy atom. The van der Waals surface area contributed by atoms with Gasteiger partial charge in [-0.1, -0.05) is 0 Å². The van der Waals surface area contributed by atoms with E-state index < -0.39 is 18.8 Å². The van der Waals surface area contributed by atoms with Crippen LogP contribution in [0.2, 0.25) is 0 Å². The predicted octanol–water partition coefficient (Wildman–Crippen LogP) is 0.290. The summed E-state index contributed by atoms with van der Waals surface area (Å²) in [6, 6.07) is 1.35. The van der Waals surface area contributed by atoms with E-state index in [4.69, 9.17) is 5.73 Å². The Morgan fingerprint density at radius 3 is 3.00 bits per heavy atom. The zero-order valence-corrected chi connectivity index (χ0v) is 6.78. The molecule has 13 heavy (non-hydrogen) atoms. The van der Waals surface area contributed by atoms with Crippen LogP contribution in [-0.2, 0) is 6.54 Å². The third-order valence-electron chi connectivity index (χ3n) is 1.51. The number of carbonyl (C=O) groups excluding carboxylic acids is 1. The molecule has 1 aromatic heterocycles. The maximum absolute atomic E-state index is 12.6. The highest BCUT2D eigenvalue weighted by Gasteiger charge is 2.12. The van der Waals surface area contributed by atoms with Crippen LogP contribution in [-0.4, -0.2) is 28.5 Å². The van der Waals surface area contributed by atoms with E-state index in [0.717, 1.165) is 4.68 Å². The van der Waals surface area contributed by atoms with Gasteiger partial charge in [-0.25, -0.2) is 8.78 Å². The fourth-order valence-corrected chi connectivity index (χ4v) is 0.924. The van der Waals surface area contributed by atoms with Crippen LogP contribution in [0.3, 0.4) is 0 Å². The normalized spacial score (nSPS) is 12.8. The Morgan fingerprint density at radius 1 is 1.77 bits per heavy atom. The lowest BCUT2D eigenvalue weighted by molar-refractivity contribution is 0.0986. The number of rotatable bonds is 4. The summed E-state index contributed by atoms with van der Waals surface area (Å²) in [4.78, 5) is 10.7. The van der Waals surface area contributed by atoms with Crippen molar-refractivity contribution in [2.45, 2.75) is 12.7 Å². The van der Waals surface area contributed by atoms with Crippen molar-refractivity contribution in [3.63, 3.8) is 0 Å². The average molecular weight is 189 g/mol. The van der Waals surface area contributed by atoms with Crippen molar-refractivity contribution in [1.29, 1.82) is 0 Å². The van der Waals surface area contributed by atoms with Gasteiger partial charge >= 0.3 is 0 Å². The van der Waals surface area contributed by atoms with Crippen molar-refractivity contribution in [1.82, 2.24) is 9.78 Å². The number of carbonyl (C=O) groups is 1. The highest BCUT2D eigenvalue weighted by molar-refractivity contribution is 5.90. The first-order valence-corrected chi connectivity index (χ1v) is 3.66. The number of amides is 1. The number of hydrogen-bond donors (Lipinski definition) is 1. The van der Waals surface area contributed by atoms with E-state index in [1.807, 2.05) is 0 Å². The summed E-state index contributed by atoms with van der Waals surface area (Å²) in [6.45, 7) is -1.39. The standard InChI is InChI=1S/C7H9F2N3O/c8-3-5(9)4-12-6(7(10)13)1-2-11-12/h1-2,5H,3-4H2,(H2,10,13)/t5-/m1/s1. The van der Waals surface area contributed by atoms with Gasteiger partial charge in [0.1, 0.15) is 18.5 Å². The lowest BCUT2D eigenvalue weighted by atomic mass is 10.3. The largest absolute Gasteiger partial charge is 0.364 e. The molecule has 2 N–H and O–H groups in total. The zero-order chi connectivity index (χ0) is 9.84. The summed E-state index contributed by atoms with van der Waals surface area (Å²) in [7, 11) is 0. The maximum atomic E-state index is 12.6. The van der Waals surface area contributed by atoms with Crippen molar-refractivity contribution >= 4 is 5.91 Å². The Balaban J connectivity index is 2.76. The first-order chi connectivity index (χ1) is 6.15. The quantitative estimate of drug-likeness (QED) is 0.739. The maximum Gasteiger partial charge on any atom is 0.266 e. The Hall–Kier alpha value is -1.46. The molecule has 0 aliphatic rings. The lowest BCUT2D eigenvalue weighted by Gasteiger charge is -2.05. The van der Waals surface area contributed by atoms with Crippen LogP contribution in [0.4, 0.5) is 8.78 Å². The third-order valence-corrected chi connectivity index (χ3v) is 1.51. The van der Waals surface area contributed by atoms with Gasteiger partial charge in [-0.2, -0.15) is 5.10 Å². The Bertz CT molecular complexity index is 300. The van der Waals surface area contributed by atoms with E-state index in [9.17, 15) is 13.6 Å². The molecule has 1 rings (SSSR count). The van der Waals surface area contributed by atoms with Gasteiger partial charge in [-0.3, -0.25) is 9.48 Å². The first kappa shape index (κ1) is 9.63. The summed E-state index contributed by atoms with van der Waals surface area (Å²) in [5.74, 6) is -0.705. The van der Waals surface area contributed by atoms with Gasteiger partial charge in [0.15, 0.2) is 0 Å². The number of aromatic nitrogens is 2. The first-order valence-electron chi connectivity index (χ1n) is 3.66. The minimum Gasteiger partial charge on any atom is -0.364 e. The predicted molar refractivity (Wildman–Crippen MR) is 41.6 cm³/mol. The molecule has 0 saturated carbocycles. The minimum atomic E-state index is -1.65. The van der Waals surface area contributed by atoms with E-state index in [1.165, 1.54) is 12.3 Å². The molecule has 6 heteroatoms. The van der Waals surface area contributed by atoms with Gasteiger partial charge in [0.05, 0.1) is 6.54 Å². The van der Waals surface area contributed by atoms with Crippen LogP contribution in [0.1, 0.15) is 10.5 Å². The number of alkyl halides is 2. The average Bonchev–Trinajstić information content (AvgIpc) is 2.52. The second kappa shape index (κ2) is 3.97. The lowest BCUT2D eigenvalue weighted by Crippen LogP contribution is -2.22. The number of hydrogen-bond acceptors (Lipinski definition) is 2. The van der Waals surface area contributed by atoms with Gasteiger partial charge in [0.25, 0.3) is 5.91 Å². The van der Waals surface area contributed by atoms with Crippen LogP contribution in [0, 0.1) is 0 Å². The second-order valence-corrected chi connectivity index (χ2v) is 2.51. The van der Waals surface area contributed by atoms with Gasteiger partial charge < -0.3 is 5.73 Å². The van der Waals surface area contributed by atoms with E-state index >= 15 is 0 Å². The van der Waals surface area contributed by atoms with E-state index in [1.54, 1.807) is 0 Å². The molecule has 1 aromatic rings. The molecule has 1 heterocycles. The van der Waals surface area contributed by atoms with Crippen LogP contribution < -0.4 is 5.73 Å². The number of halogens is 2. The van der Waals surface area contributed by atoms with Crippen molar-refractivity contribution in [2.24, 2.45) is 5.73 Å². The molecule has 0 fully saturated rings. The molecule has 0 bridgehead atoms. The second-order valence-electron chi connectivity index (χ2n) is 2.51. The zero-order valence-electron chi connectivity index (χ0n) is 6.78. The van der Waals surface area contributed by atoms with Crippen LogP contribution in [0.25, 0.3) is 0 Å². The third kappa shape index (κ3) is 2.24. The van der Waals surface area contributed by atoms with E-state index in [-0.39, 0.29) is 12.2 Å². The molecule has 0 saturated heterocycles. The molecule has 0 aromatic carbocycles. The Kier molecular flexibility index (Phi) is 2.94. The molecule has 72 valence electrons. The molecular formula is C7H9F2N3O. The number of nitrogens with zero attached hydrogens (tertiary/aromatic N) is 2. The Labute approximate surface area is 73.3 Å². The van der Waals surface area contributed by atoms with E-state index in [0.29, 0.717) is 0 Å². The SMILES string of the molecule is NC(=O)c1ccnn1C[C@H](F)CF. The molecule has 1 amide bonds. The summed E-state index contributed by atoms with van der Waals surface area (Å²) in [5, 5.41) is 3.63. The molecule has 4 nitrogen and oxygen atoms in total. The fraction of sp³-hybridized carbons (Fsp3) is 0.429. The number of primary amides is 1. The highest BCUT2D eigenvalue weighted by Crippen LogP contribution is 2.02. The molecule has 0 unspecified atom stereocenters. The summed E-state index contributed by atoms with van der Waals surface area (Å²) in [6.07, 6.45) is -0.344. The highest BCUT2D eigenvalue weighted by atomic mass is 19.2. The molecule has 0 spiro atoms. The number of nitrogens with two attached hydrogens (primary N) is 1. The van der Waals surface area contributed by atoms with Crippen LogP contribution >= 0.6 is 0 Å². The van der Waals surface area contributed by atoms with Crippen LogP contribution in [0.5, 0.6) is 0 Å². The van der Waals surface area contributed by atoms with Gasteiger partial charge in [0.2, 0.25) is 0 Å². The summed E-state index contributed by atoms with van der Waals surface area (Å²) < 4.78 is 25.4. The molecule has 0 aliphatic heterocycles. The topological polar surface area (TPSA) is 60.9 Å².